The molecule has 1 aliphatic heterocycles. The van der Waals surface area contributed by atoms with Gasteiger partial charge in [0.15, 0.2) is 0 Å². The van der Waals surface area contributed by atoms with Gasteiger partial charge in [-0.25, -0.2) is 0 Å². The van der Waals surface area contributed by atoms with Crippen LogP contribution in [0.15, 0.2) is 0 Å². The summed E-state index contributed by atoms with van der Waals surface area (Å²) in [5.74, 6) is 0.724. The smallest absolute Gasteiger partial charge is 0.223 e. The van der Waals surface area contributed by atoms with E-state index < -0.39 is 0 Å². The molecule has 0 bridgehead atoms. The Morgan fingerprint density at radius 2 is 1.80 bits per heavy atom. The van der Waals surface area contributed by atoms with Gasteiger partial charge in [-0.3, -0.25) is 4.79 Å². The largest absolute Gasteiger partial charge is 0.351 e. The van der Waals surface area contributed by atoms with Gasteiger partial charge >= 0.3 is 0 Å². The molecular formula is C12H24N2O. The molecular weight excluding hydrogens is 188 g/mol. The summed E-state index contributed by atoms with van der Waals surface area (Å²) < 4.78 is 0. The summed E-state index contributed by atoms with van der Waals surface area (Å²) in [7, 11) is 0. The van der Waals surface area contributed by atoms with E-state index in [0.717, 1.165) is 25.9 Å². The van der Waals surface area contributed by atoms with Crippen molar-refractivity contribution in [2.24, 2.45) is 11.8 Å². The van der Waals surface area contributed by atoms with E-state index >= 15 is 0 Å². The van der Waals surface area contributed by atoms with Gasteiger partial charge in [0.1, 0.15) is 0 Å². The lowest BCUT2D eigenvalue weighted by Crippen LogP contribution is -2.53. The highest BCUT2D eigenvalue weighted by Gasteiger charge is 2.30. The fourth-order valence-electron chi connectivity index (χ4n) is 1.82. The number of amides is 1. The van der Waals surface area contributed by atoms with E-state index in [0.29, 0.717) is 5.92 Å². The summed E-state index contributed by atoms with van der Waals surface area (Å²) in [6.45, 7) is 10.4. The molecule has 0 aliphatic carbocycles. The van der Waals surface area contributed by atoms with Crippen molar-refractivity contribution in [3.63, 3.8) is 0 Å². The molecule has 0 aromatic heterocycles. The minimum absolute atomic E-state index is 0.00544. The maximum Gasteiger partial charge on any atom is 0.223 e. The van der Waals surface area contributed by atoms with Crippen molar-refractivity contribution in [1.82, 2.24) is 10.6 Å². The van der Waals surface area contributed by atoms with E-state index in [1.807, 2.05) is 6.92 Å². The molecule has 88 valence electrons. The number of carbonyl (C=O) groups excluding carboxylic acids is 1. The topological polar surface area (TPSA) is 41.1 Å². The lowest BCUT2D eigenvalue weighted by molar-refractivity contribution is -0.127. The Bertz CT molecular complexity index is 220. The number of hydrogen-bond acceptors (Lipinski definition) is 2. The molecule has 3 heteroatoms. The average Bonchev–Trinajstić information content (AvgIpc) is 2.16. The Kier molecular flexibility index (Phi) is 4.14. The van der Waals surface area contributed by atoms with Crippen molar-refractivity contribution in [2.75, 3.05) is 13.1 Å². The predicted molar refractivity (Wildman–Crippen MR) is 62.7 cm³/mol. The summed E-state index contributed by atoms with van der Waals surface area (Å²) in [5.41, 5.74) is 0.00544. The maximum atomic E-state index is 11.9. The highest BCUT2D eigenvalue weighted by molar-refractivity contribution is 5.79. The van der Waals surface area contributed by atoms with Crippen LogP contribution >= 0.6 is 0 Å². The van der Waals surface area contributed by atoms with E-state index in [-0.39, 0.29) is 17.4 Å². The third-order valence-corrected chi connectivity index (χ3v) is 3.55. The number of piperidine rings is 1. The number of nitrogens with one attached hydrogen (secondary N) is 2. The molecule has 1 amide bonds. The first kappa shape index (κ1) is 12.5. The monoisotopic (exact) mass is 212 g/mol. The van der Waals surface area contributed by atoms with Crippen LogP contribution in [0.1, 0.15) is 40.5 Å². The molecule has 2 N–H and O–H groups in total. The van der Waals surface area contributed by atoms with E-state index in [1.54, 1.807) is 0 Å². The molecule has 0 saturated carbocycles. The zero-order valence-electron chi connectivity index (χ0n) is 10.4. The fourth-order valence-corrected chi connectivity index (χ4v) is 1.82. The second kappa shape index (κ2) is 4.97. The van der Waals surface area contributed by atoms with Crippen LogP contribution in [0.25, 0.3) is 0 Å². The van der Waals surface area contributed by atoms with E-state index in [4.69, 9.17) is 0 Å². The summed E-state index contributed by atoms with van der Waals surface area (Å²) in [6.07, 6.45) is 2.06. The second-order valence-electron chi connectivity index (χ2n) is 5.33. The number of hydrogen-bond donors (Lipinski definition) is 2. The van der Waals surface area contributed by atoms with Crippen molar-refractivity contribution in [2.45, 2.75) is 46.1 Å². The molecule has 0 aromatic rings. The lowest BCUT2D eigenvalue weighted by atomic mass is 9.88. The minimum Gasteiger partial charge on any atom is -0.351 e. The standard InChI is InChI=1S/C12H24N2O/c1-9(2)10(3)11(15)14-12(4)5-7-13-8-6-12/h9-10,13H,5-8H2,1-4H3,(H,14,15). The Morgan fingerprint density at radius 1 is 1.27 bits per heavy atom. The van der Waals surface area contributed by atoms with Crippen LogP contribution in [0.3, 0.4) is 0 Å². The second-order valence-corrected chi connectivity index (χ2v) is 5.33. The minimum atomic E-state index is 0.00544. The van der Waals surface area contributed by atoms with Crippen LogP contribution in [0.5, 0.6) is 0 Å². The lowest BCUT2D eigenvalue weighted by Gasteiger charge is -2.36. The van der Waals surface area contributed by atoms with Gasteiger partial charge in [-0.1, -0.05) is 20.8 Å². The van der Waals surface area contributed by atoms with Crippen LogP contribution < -0.4 is 10.6 Å². The Labute approximate surface area is 93.0 Å². The molecule has 1 unspecified atom stereocenters. The molecule has 1 saturated heterocycles. The summed E-state index contributed by atoms with van der Waals surface area (Å²) in [4.78, 5) is 11.9. The molecule has 1 atom stereocenters. The third kappa shape index (κ3) is 3.49. The van der Waals surface area contributed by atoms with Gasteiger partial charge in [-0.05, 0) is 38.8 Å². The van der Waals surface area contributed by atoms with Crippen molar-refractivity contribution in [3.8, 4) is 0 Å². The molecule has 0 radical (unpaired) electrons. The van der Waals surface area contributed by atoms with Gasteiger partial charge in [0.25, 0.3) is 0 Å². The summed E-state index contributed by atoms with van der Waals surface area (Å²) in [6, 6.07) is 0. The molecule has 1 aliphatic rings. The van der Waals surface area contributed by atoms with Crippen molar-refractivity contribution >= 4 is 5.91 Å². The van der Waals surface area contributed by atoms with E-state index in [1.165, 1.54) is 0 Å². The maximum absolute atomic E-state index is 11.9. The molecule has 0 aromatic carbocycles. The first-order valence-corrected chi connectivity index (χ1v) is 5.97. The molecule has 0 spiro atoms. The fraction of sp³-hybridized carbons (Fsp3) is 0.917. The Balaban J connectivity index is 2.49. The molecule has 1 rings (SSSR count). The van der Waals surface area contributed by atoms with Gasteiger partial charge in [-0.15, -0.1) is 0 Å². The van der Waals surface area contributed by atoms with E-state index in [2.05, 4.69) is 31.4 Å². The molecule has 1 heterocycles. The summed E-state index contributed by atoms with van der Waals surface area (Å²) in [5, 5.41) is 6.51. The van der Waals surface area contributed by atoms with Crippen molar-refractivity contribution in [3.05, 3.63) is 0 Å². The summed E-state index contributed by atoms with van der Waals surface area (Å²) >= 11 is 0. The van der Waals surface area contributed by atoms with Gasteiger partial charge < -0.3 is 10.6 Å². The van der Waals surface area contributed by atoms with Gasteiger partial charge in [-0.2, -0.15) is 0 Å². The Hall–Kier alpha value is -0.570. The molecule has 15 heavy (non-hydrogen) atoms. The van der Waals surface area contributed by atoms with Crippen LogP contribution in [0.4, 0.5) is 0 Å². The normalized spacial score (nSPS) is 22.5. The first-order chi connectivity index (χ1) is 6.94. The predicted octanol–water partition coefficient (Wildman–Crippen LogP) is 1.54. The van der Waals surface area contributed by atoms with Crippen LogP contribution in [-0.2, 0) is 4.79 Å². The van der Waals surface area contributed by atoms with Gasteiger partial charge in [0.2, 0.25) is 5.91 Å². The molecule has 1 fully saturated rings. The van der Waals surface area contributed by atoms with Gasteiger partial charge in [0.05, 0.1) is 0 Å². The number of rotatable bonds is 3. The first-order valence-electron chi connectivity index (χ1n) is 5.97. The quantitative estimate of drug-likeness (QED) is 0.745. The molecule has 3 nitrogen and oxygen atoms in total. The zero-order valence-corrected chi connectivity index (χ0v) is 10.4. The number of carbonyl (C=O) groups is 1. The Morgan fingerprint density at radius 3 is 2.27 bits per heavy atom. The van der Waals surface area contributed by atoms with Crippen LogP contribution in [-0.4, -0.2) is 24.5 Å². The van der Waals surface area contributed by atoms with Crippen molar-refractivity contribution < 1.29 is 4.79 Å². The zero-order chi connectivity index (χ0) is 11.5. The highest BCUT2D eigenvalue weighted by Crippen LogP contribution is 2.19. The van der Waals surface area contributed by atoms with Crippen LogP contribution in [0.2, 0.25) is 0 Å². The highest BCUT2D eigenvalue weighted by atomic mass is 16.2. The van der Waals surface area contributed by atoms with Gasteiger partial charge in [0, 0.05) is 11.5 Å². The van der Waals surface area contributed by atoms with Crippen molar-refractivity contribution in [1.29, 1.82) is 0 Å². The van der Waals surface area contributed by atoms with E-state index in [9.17, 15) is 4.79 Å². The average molecular weight is 212 g/mol. The SMILES string of the molecule is CC(C)C(C)C(=O)NC1(C)CCNCC1. The van der Waals surface area contributed by atoms with Crippen LogP contribution in [0, 0.1) is 11.8 Å². The third-order valence-electron chi connectivity index (χ3n) is 3.55.